The van der Waals surface area contributed by atoms with Gasteiger partial charge in [0.2, 0.25) is 5.91 Å². The van der Waals surface area contributed by atoms with Crippen LogP contribution in [-0.4, -0.2) is 30.4 Å². The van der Waals surface area contributed by atoms with Crippen LogP contribution in [0.4, 0.5) is 4.39 Å². The number of carbonyl (C=O) groups excluding carboxylic acids is 1. The van der Waals surface area contributed by atoms with E-state index in [9.17, 15) is 9.18 Å². The molecule has 3 N–H and O–H groups in total. The second-order valence-corrected chi connectivity index (χ2v) is 8.03. The number of halogens is 1. The summed E-state index contributed by atoms with van der Waals surface area (Å²) < 4.78 is 13.2. The van der Waals surface area contributed by atoms with Gasteiger partial charge in [0.15, 0.2) is 0 Å². The highest BCUT2D eigenvalue weighted by molar-refractivity contribution is 5.80. The van der Waals surface area contributed by atoms with Crippen molar-refractivity contribution in [2.45, 2.75) is 38.4 Å². The molecule has 0 radical (unpaired) electrons. The van der Waals surface area contributed by atoms with E-state index in [0.29, 0.717) is 13.1 Å². The molecule has 2 atom stereocenters. The lowest BCUT2D eigenvalue weighted by atomic mass is 9.94. The van der Waals surface area contributed by atoms with Crippen molar-refractivity contribution in [1.29, 1.82) is 0 Å². The van der Waals surface area contributed by atoms with Crippen molar-refractivity contribution < 1.29 is 9.18 Å². The van der Waals surface area contributed by atoms with E-state index in [1.165, 1.54) is 50.0 Å². The van der Waals surface area contributed by atoms with E-state index in [-0.39, 0.29) is 23.7 Å². The summed E-state index contributed by atoms with van der Waals surface area (Å²) in [6, 6.07) is 14.7. The summed E-state index contributed by atoms with van der Waals surface area (Å²) in [4.78, 5) is 15.2. The number of benzene rings is 2. The van der Waals surface area contributed by atoms with Crippen LogP contribution >= 0.6 is 0 Å². The Bertz CT molecular complexity index is 803. The van der Waals surface area contributed by atoms with E-state index in [4.69, 9.17) is 0 Å². The normalized spacial score (nSPS) is 22.5. The van der Waals surface area contributed by atoms with Gasteiger partial charge in [-0.05, 0) is 54.8 Å². The van der Waals surface area contributed by atoms with Gasteiger partial charge in [-0.2, -0.15) is 0 Å². The molecule has 2 aliphatic heterocycles. The topological polar surface area (TPSA) is 56.4 Å². The molecule has 4 rings (SSSR count). The third-order valence-electron chi connectivity index (χ3n) is 5.89. The van der Waals surface area contributed by atoms with Crippen LogP contribution in [0.25, 0.3) is 0 Å². The Morgan fingerprint density at radius 1 is 1.00 bits per heavy atom. The molecule has 2 aliphatic rings. The molecule has 1 amide bonds. The van der Waals surface area contributed by atoms with E-state index in [0.717, 1.165) is 17.7 Å². The molecule has 5 nitrogen and oxygen atoms in total. The number of likely N-dealkylation sites (tertiary alicyclic amines) is 1. The third kappa shape index (κ3) is 5.21. The summed E-state index contributed by atoms with van der Waals surface area (Å²) in [6.07, 6.45) is 3.95. The molecule has 2 fully saturated rings. The highest BCUT2D eigenvalue weighted by Gasteiger charge is 2.33. The van der Waals surface area contributed by atoms with Gasteiger partial charge in [-0.15, -0.1) is 0 Å². The molecule has 2 unspecified atom stereocenters. The first-order valence-electron chi connectivity index (χ1n) is 10.5. The van der Waals surface area contributed by atoms with Crippen molar-refractivity contribution in [2.75, 3.05) is 19.6 Å². The van der Waals surface area contributed by atoms with Gasteiger partial charge in [-0.25, -0.2) is 9.82 Å². The predicted molar refractivity (Wildman–Crippen MR) is 111 cm³/mol. The number of rotatable bonds is 6. The van der Waals surface area contributed by atoms with Crippen LogP contribution in [-0.2, 0) is 17.9 Å². The van der Waals surface area contributed by atoms with E-state index in [1.54, 1.807) is 12.1 Å². The molecule has 2 aromatic carbocycles. The number of amides is 1. The van der Waals surface area contributed by atoms with Gasteiger partial charge in [0.05, 0.1) is 12.0 Å². The van der Waals surface area contributed by atoms with Crippen LogP contribution in [0.2, 0.25) is 0 Å². The summed E-state index contributed by atoms with van der Waals surface area (Å²) in [7, 11) is 0. The zero-order valence-electron chi connectivity index (χ0n) is 16.7. The van der Waals surface area contributed by atoms with Crippen LogP contribution in [0.5, 0.6) is 0 Å². The molecule has 2 heterocycles. The van der Waals surface area contributed by atoms with Crippen LogP contribution in [0.15, 0.2) is 48.5 Å². The van der Waals surface area contributed by atoms with Crippen molar-refractivity contribution in [2.24, 2.45) is 5.92 Å². The van der Waals surface area contributed by atoms with Gasteiger partial charge < -0.3 is 5.32 Å². The van der Waals surface area contributed by atoms with E-state index >= 15 is 0 Å². The first-order valence-corrected chi connectivity index (χ1v) is 10.5. The maximum absolute atomic E-state index is 13.2. The summed E-state index contributed by atoms with van der Waals surface area (Å²) in [6.45, 7) is 4.44. The zero-order valence-corrected chi connectivity index (χ0v) is 16.7. The minimum Gasteiger partial charge on any atom is -0.352 e. The monoisotopic (exact) mass is 396 g/mol. The average Bonchev–Trinajstić information content (AvgIpc) is 3.24. The zero-order chi connectivity index (χ0) is 20.1. The summed E-state index contributed by atoms with van der Waals surface area (Å²) in [5.41, 5.74) is 9.50. The molecule has 154 valence electrons. The minimum atomic E-state index is -0.274. The fraction of sp³-hybridized carbons (Fsp3) is 0.435. The van der Waals surface area contributed by atoms with E-state index < -0.39 is 0 Å². The van der Waals surface area contributed by atoms with Crippen LogP contribution in [0, 0.1) is 11.7 Å². The van der Waals surface area contributed by atoms with Crippen LogP contribution in [0.1, 0.15) is 42.0 Å². The first kappa shape index (κ1) is 20.0. The molecular weight excluding hydrogens is 367 g/mol. The number of carbonyl (C=O) groups is 1. The molecule has 6 heteroatoms. The predicted octanol–water partition coefficient (Wildman–Crippen LogP) is 2.89. The molecule has 2 saturated heterocycles. The minimum absolute atomic E-state index is 0.00535. The second-order valence-electron chi connectivity index (χ2n) is 8.03. The Morgan fingerprint density at radius 2 is 1.69 bits per heavy atom. The third-order valence-corrected chi connectivity index (χ3v) is 5.89. The van der Waals surface area contributed by atoms with Gasteiger partial charge in [0.25, 0.3) is 0 Å². The van der Waals surface area contributed by atoms with Gasteiger partial charge in [0.1, 0.15) is 5.82 Å². The Morgan fingerprint density at radius 3 is 2.41 bits per heavy atom. The number of nitrogens with one attached hydrogen (secondary N) is 3. The molecule has 0 aliphatic carbocycles. The van der Waals surface area contributed by atoms with Crippen molar-refractivity contribution in [1.82, 2.24) is 21.1 Å². The Balaban J connectivity index is 1.30. The van der Waals surface area contributed by atoms with Crippen LogP contribution in [0.3, 0.4) is 0 Å². The fourth-order valence-electron chi connectivity index (χ4n) is 4.19. The van der Waals surface area contributed by atoms with Gasteiger partial charge in [-0.1, -0.05) is 42.8 Å². The highest BCUT2D eigenvalue weighted by atomic mass is 19.1. The van der Waals surface area contributed by atoms with Gasteiger partial charge in [-0.3, -0.25) is 15.1 Å². The van der Waals surface area contributed by atoms with Gasteiger partial charge in [0, 0.05) is 19.6 Å². The number of hydrazine groups is 1. The highest BCUT2D eigenvalue weighted by Crippen LogP contribution is 2.25. The SMILES string of the molecule is O=C(NCc1ccc(CN2CCCCC2)cc1)C1CNNC1c1ccc(F)cc1. The van der Waals surface area contributed by atoms with E-state index in [2.05, 4.69) is 45.3 Å². The molecule has 0 spiro atoms. The lowest BCUT2D eigenvalue weighted by Crippen LogP contribution is -2.34. The molecule has 0 bridgehead atoms. The lowest BCUT2D eigenvalue weighted by molar-refractivity contribution is -0.125. The summed E-state index contributed by atoms with van der Waals surface area (Å²) in [5.74, 6) is -0.516. The van der Waals surface area contributed by atoms with Gasteiger partial charge >= 0.3 is 0 Å². The first-order chi connectivity index (χ1) is 14.2. The van der Waals surface area contributed by atoms with E-state index in [1.807, 2.05) is 0 Å². The van der Waals surface area contributed by atoms with Crippen LogP contribution < -0.4 is 16.2 Å². The molecule has 0 saturated carbocycles. The molecule has 2 aromatic rings. The summed E-state index contributed by atoms with van der Waals surface area (Å²) in [5, 5.41) is 3.05. The number of hydrogen-bond acceptors (Lipinski definition) is 4. The Hall–Kier alpha value is -2.28. The van der Waals surface area contributed by atoms with Crippen molar-refractivity contribution in [3.63, 3.8) is 0 Å². The molecule has 29 heavy (non-hydrogen) atoms. The Labute approximate surface area is 171 Å². The maximum atomic E-state index is 13.2. The molecule has 0 aromatic heterocycles. The Kier molecular flexibility index (Phi) is 6.54. The standard InChI is InChI=1S/C23H29FN4O/c24-20-10-8-19(9-11-20)22-21(15-26-27-22)23(29)25-14-17-4-6-18(7-5-17)16-28-12-2-1-3-13-28/h4-11,21-22,26-27H,1-3,12-16H2,(H,25,29). The molecular formula is C23H29FN4O. The maximum Gasteiger partial charge on any atom is 0.226 e. The second kappa shape index (κ2) is 9.48. The average molecular weight is 397 g/mol. The smallest absolute Gasteiger partial charge is 0.226 e. The van der Waals surface area contributed by atoms with Crippen molar-refractivity contribution >= 4 is 5.91 Å². The van der Waals surface area contributed by atoms with Crippen molar-refractivity contribution in [3.8, 4) is 0 Å². The number of nitrogens with zero attached hydrogens (tertiary/aromatic N) is 1. The fourth-order valence-corrected chi connectivity index (χ4v) is 4.19. The lowest BCUT2D eigenvalue weighted by Gasteiger charge is -2.26. The number of piperidine rings is 1. The number of hydrogen-bond donors (Lipinski definition) is 3. The summed E-state index contributed by atoms with van der Waals surface area (Å²) >= 11 is 0. The quantitative estimate of drug-likeness (QED) is 0.703. The van der Waals surface area contributed by atoms with Crippen molar-refractivity contribution in [3.05, 3.63) is 71.0 Å². The largest absolute Gasteiger partial charge is 0.352 e.